The van der Waals surface area contributed by atoms with E-state index >= 15 is 0 Å². The molecule has 0 aliphatic carbocycles. The summed E-state index contributed by atoms with van der Waals surface area (Å²) in [6.45, 7) is 0. The summed E-state index contributed by atoms with van der Waals surface area (Å²) in [5, 5.41) is 18.6. The van der Waals surface area contributed by atoms with Crippen LogP contribution in [-0.4, -0.2) is 45.1 Å². The monoisotopic (exact) mass is 367 g/mol. The van der Waals surface area contributed by atoms with E-state index in [0.29, 0.717) is 17.8 Å². The fraction of sp³-hybridized carbons (Fsp3) is 0.0526. The second-order valence-corrected chi connectivity index (χ2v) is 5.28. The van der Waals surface area contributed by atoms with Gasteiger partial charge in [-0.05, 0) is 24.3 Å². The minimum Gasteiger partial charge on any atom is -0.478 e. The van der Waals surface area contributed by atoms with Crippen LogP contribution in [0.1, 0.15) is 10.5 Å². The van der Waals surface area contributed by atoms with E-state index in [4.69, 9.17) is 10.2 Å². The Kier molecular flexibility index (Phi) is 6.43. The fourth-order valence-electron chi connectivity index (χ4n) is 2.37. The first-order chi connectivity index (χ1) is 12.9. The van der Waals surface area contributed by atoms with Crippen molar-refractivity contribution < 1.29 is 24.6 Å². The largest absolute Gasteiger partial charge is 0.478 e. The van der Waals surface area contributed by atoms with Crippen molar-refractivity contribution in [1.82, 2.24) is 9.66 Å². The van der Waals surface area contributed by atoms with Crippen LogP contribution in [0.3, 0.4) is 0 Å². The minimum absolute atomic E-state index is 0.558. The summed E-state index contributed by atoms with van der Waals surface area (Å²) in [7, 11) is 1.93. The molecule has 0 fully saturated rings. The number of aldehydes is 1. The Morgan fingerprint density at radius 2 is 1.70 bits per heavy atom. The number of pyridine rings is 1. The Morgan fingerprint density at radius 3 is 2.33 bits per heavy atom. The molecule has 2 heterocycles. The first kappa shape index (κ1) is 19.4. The summed E-state index contributed by atoms with van der Waals surface area (Å²) < 4.78 is 1.81. The molecule has 3 aromatic rings. The van der Waals surface area contributed by atoms with E-state index in [1.807, 2.05) is 59.3 Å². The van der Waals surface area contributed by atoms with E-state index in [1.165, 1.54) is 0 Å². The van der Waals surface area contributed by atoms with Crippen LogP contribution in [0.4, 0.5) is 5.69 Å². The van der Waals surface area contributed by atoms with Gasteiger partial charge in [-0.3, -0.25) is 19.5 Å². The van der Waals surface area contributed by atoms with Crippen molar-refractivity contribution in [3.05, 3.63) is 72.7 Å². The quantitative estimate of drug-likeness (QED) is 0.526. The number of hydrogen-bond donors (Lipinski definition) is 2. The zero-order valence-electron chi connectivity index (χ0n) is 14.4. The molecule has 0 bridgehead atoms. The number of aromatic nitrogens is 2. The Bertz CT molecular complexity index is 972. The standard InChI is InChI=1S/C15H13N3O.C4H4O4/c1-17(18-10-4-5-12(18)11-19)15-8-9-16-14-7-3-2-6-13(14)15;5-3(6)1-2-4(7)8/h2-11H,1H3;1-2H,(H,5,6)(H,7,8). The zero-order valence-corrected chi connectivity index (χ0v) is 14.4. The SMILES string of the molecule is CN(c1ccnc2ccccc12)n1cccc1C=O.O=C(O)C=CC(=O)O. The number of hydrogen-bond acceptors (Lipinski definition) is 5. The molecule has 138 valence electrons. The summed E-state index contributed by atoms with van der Waals surface area (Å²) in [4.78, 5) is 34.5. The van der Waals surface area contributed by atoms with Gasteiger partial charge < -0.3 is 10.2 Å². The molecule has 0 unspecified atom stereocenters. The van der Waals surface area contributed by atoms with Gasteiger partial charge in [-0.25, -0.2) is 9.59 Å². The number of rotatable bonds is 5. The van der Waals surface area contributed by atoms with Crippen molar-refractivity contribution in [2.24, 2.45) is 0 Å². The van der Waals surface area contributed by atoms with Crippen LogP contribution in [0.2, 0.25) is 0 Å². The lowest BCUT2D eigenvalue weighted by Gasteiger charge is -2.23. The number of carboxylic acid groups (broad SMARTS) is 2. The van der Waals surface area contributed by atoms with Gasteiger partial charge in [-0.1, -0.05) is 18.2 Å². The van der Waals surface area contributed by atoms with Crippen molar-refractivity contribution in [2.45, 2.75) is 0 Å². The Balaban J connectivity index is 0.000000279. The summed E-state index contributed by atoms with van der Waals surface area (Å²) in [6, 6.07) is 13.5. The van der Waals surface area contributed by atoms with Gasteiger partial charge in [0.2, 0.25) is 0 Å². The van der Waals surface area contributed by atoms with Crippen LogP contribution in [-0.2, 0) is 9.59 Å². The maximum absolute atomic E-state index is 11.0. The molecule has 0 amide bonds. The second kappa shape index (κ2) is 8.95. The van der Waals surface area contributed by atoms with Gasteiger partial charge >= 0.3 is 11.9 Å². The number of benzene rings is 1. The van der Waals surface area contributed by atoms with Gasteiger partial charge in [-0.15, -0.1) is 0 Å². The van der Waals surface area contributed by atoms with Crippen molar-refractivity contribution in [3.8, 4) is 0 Å². The third-order valence-corrected chi connectivity index (χ3v) is 3.55. The highest BCUT2D eigenvalue weighted by Crippen LogP contribution is 2.24. The van der Waals surface area contributed by atoms with Crippen LogP contribution in [0.15, 0.2) is 67.0 Å². The molecule has 8 nitrogen and oxygen atoms in total. The molecule has 0 saturated carbocycles. The predicted molar refractivity (Wildman–Crippen MR) is 99.8 cm³/mol. The van der Waals surface area contributed by atoms with Crippen LogP contribution in [0.5, 0.6) is 0 Å². The molecular weight excluding hydrogens is 350 g/mol. The van der Waals surface area contributed by atoms with E-state index in [2.05, 4.69) is 4.98 Å². The summed E-state index contributed by atoms with van der Waals surface area (Å²) in [5.74, 6) is -2.51. The molecule has 0 atom stereocenters. The number of anilines is 1. The summed E-state index contributed by atoms with van der Waals surface area (Å²) >= 11 is 0. The van der Waals surface area contributed by atoms with Gasteiger partial charge in [0.1, 0.15) is 5.69 Å². The average molecular weight is 367 g/mol. The number of para-hydroxylation sites is 1. The number of carbonyl (C=O) groups is 3. The number of fused-ring (bicyclic) bond motifs is 1. The lowest BCUT2D eigenvalue weighted by molar-refractivity contribution is -0.134. The highest BCUT2D eigenvalue weighted by Gasteiger charge is 2.10. The van der Waals surface area contributed by atoms with Gasteiger partial charge in [0.25, 0.3) is 0 Å². The molecule has 2 aromatic heterocycles. The summed E-state index contributed by atoms with van der Waals surface area (Å²) in [6.07, 6.45) is 5.60. The first-order valence-electron chi connectivity index (χ1n) is 7.78. The van der Waals surface area contributed by atoms with E-state index in [1.54, 1.807) is 12.3 Å². The van der Waals surface area contributed by atoms with E-state index in [-0.39, 0.29) is 0 Å². The molecule has 0 saturated heterocycles. The number of carbonyl (C=O) groups excluding carboxylic acids is 1. The smallest absolute Gasteiger partial charge is 0.328 e. The molecule has 0 spiro atoms. The van der Waals surface area contributed by atoms with Gasteiger partial charge in [0, 0.05) is 37.0 Å². The van der Waals surface area contributed by atoms with Crippen LogP contribution < -0.4 is 5.01 Å². The fourth-order valence-corrected chi connectivity index (χ4v) is 2.37. The second-order valence-electron chi connectivity index (χ2n) is 5.28. The van der Waals surface area contributed by atoms with Crippen molar-refractivity contribution >= 4 is 34.8 Å². The normalized spacial score (nSPS) is 10.3. The molecule has 8 heteroatoms. The summed E-state index contributed by atoms with van der Waals surface area (Å²) in [5.41, 5.74) is 2.56. The average Bonchev–Trinajstić information content (AvgIpc) is 3.14. The molecule has 0 radical (unpaired) electrons. The topological polar surface area (TPSA) is 113 Å². The first-order valence-corrected chi connectivity index (χ1v) is 7.78. The van der Waals surface area contributed by atoms with Crippen molar-refractivity contribution in [1.29, 1.82) is 0 Å². The third-order valence-electron chi connectivity index (χ3n) is 3.55. The minimum atomic E-state index is -1.26. The van der Waals surface area contributed by atoms with E-state index < -0.39 is 11.9 Å². The Morgan fingerprint density at radius 1 is 1.04 bits per heavy atom. The van der Waals surface area contributed by atoms with E-state index in [0.717, 1.165) is 22.9 Å². The molecular formula is C19H17N3O5. The molecule has 1 aromatic carbocycles. The molecule has 2 N–H and O–H groups in total. The maximum Gasteiger partial charge on any atom is 0.328 e. The van der Waals surface area contributed by atoms with Crippen molar-refractivity contribution in [2.75, 3.05) is 12.1 Å². The molecule has 0 aliphatic rings. The van der Waals surface area contributed by atoms with E-state index in [9.17, 15) is 14.4 Å². The predicted octanol–water partition coefficient (Wildman–Crippen LogP) is 2.46. The maximum atomic E-state index is 11.0. The third kappa shape index (κ3) is 5.02. The zero-order chi connectivity index (χ0) is 19.8. The van der Waals surface area contributed by atoms with Crippen LogP contribution in [0.25, 0.3) is 10.9 Å². The Hall–Kier alpha value is -3.94. The number of aliphatic carboxylic acids is 2. The number of carboxylic acids is 2. The van der Waals surface area contributed by atoms with Gasteiger partial charge in [0.05, 0.1) is 11.2 Å². The molecule has 3 rings (SSSR count). The molecule has 27 heavy (non-hydrogen) atoms. The lowest BCUT2D eigenvalue weighted by Crippen LogP contribution is -2.25. The lowest BCUT2D eigenvalue weighted by atomic mass is 10.2. The van der Waals surface area contributed by atoms with Crippen molar-refractivity contribution in [3.63, 3.8) is 0 Å². The highest BCUT2D eigenvalue weighted by molar-refractivity contribution is 5.91. The highest BCUT2D eigenvalue weighted by atomic mass is 16.4. The number of nitrogens with zero attached hydrogens (tertiary/aromatic N) is 3. The Labute approximate surface area is 154 Å². The van der Waals surface area contributed by atoms with Gasteiger partial charge in [-0.2, -0.15) is 0 Å². The van der Waals surface area contributed by atoms with Gasteiger partial charge in [0.15, 0.2) is 6.29 Å². The van der Waals surface area contributed by atoms with Crippen LogP contribution in [0, 0.1) is 0 Å². The van der Waals surface area contributed by atoms with Crippen LogP contribution >= 0.6 is 0 Å². The molecule has 0 aliphatic heterocycles.